The molecule has 0 radical (unpaired) electrons. The Kier molecular flexibility index (Phi) is 6.98. The Morgan fingerprint density at radius 1 is 1.14 bits per heavy atom. The molecule has 4 rings (SSSR count). The molecule has 0 amide bonds. The van der Waals surface area contributed by atoms with E-state index in [0.29, 0.717) is 18.2 Å². The van der Waals surface area contributed by atoms with Crippen LogP contribution in [0.5, 0.6) is 5.75 Å². The summed E-state index contributed by atoms with van der Waals surface area (Å²) >= 11 is 0. The standard InChI is InChI=1S/C22H27NO.CH4O3S/c1-3-23-15-20-17-10-7-11-22(24-2)19(17)13-12-18(20)21(23)14-16-8-5-4-6-9-16;1-5(2,3)4/h4-11,18,20-21H,3,12-15H2,1-2H3;1H3,(H,2,3,4)/t18?,20-,21-;/m1./s1. The van der Waals surface area contributed by atoms with Crippen molar-refractivity contribution in [2.45, 2.75) is 38.1 Å². The first kappa shape index (κ1) is 21.8. The van der Waals surface area contributed by atoms with E-state index in [2.05, 4.69) is 60.4 Å². The fourth-order valence-electron chi connectivity index (χ4n) is 4.98. The van der Waals surface area contributed by atoms with Crippen LogP contribution in [0, 0.1) is 5.92 Å². The van der Waals surface area contributed by atoms with Crippen molar-refractivity contribution in [2.75, 3.05) is 26.5 Å². The Bertz CT molecular complexity index is 906. The summed E-state index contributed by atoms with van der Waals surface area (Å²) in [6, 6.07) is 18.3. The van der Waals surface area contributed by atoms with Crippen molar-refractivity contribution in [3.05, 3.63) is 65.2 Å². The SMILES string of the molecule is CCN1C[C@@H]2c3cccc(OC)c3CCC2[C@H]1Cc1ccccc1.CS(=O)(=O)O. The lowest BCUT2D eigenvalue weighted by atomic mass is 9.73. The molecule has 1 heterocycles. The van der Waals surface area contributed by atoms with Crippen LogP contribution >= 0.6 is 0 Å². The Labute approximate surface area is 174 Å². The third kappa shape index (κ3) is 5.38. The average molecular weight is 418 g/mol. The number of nitrogens with zero attached hydrogens (tertiary/aromatic N) is 1. The quantitative estimate of drug-likeness (QED) is 0.767. The second-order valence-electron chi connectivity index (χ2n) is 7.91. The zero-order chi connectivity index (χ0) is 21.0. The monoisotopic (exact) mass is 417 g/mol. The third-order valence-corrected chi connectivity index (χ3v) is 6.12. The number of methoxy groups -OCH3 is 1. The number of likely N-dealkylation sites (N-methyl/N-ethyl adjacent to an activating group) is 1. The largest absolute Gasteiger partial charge is 0.496 e. The summed E-state index contributed by atoms with van der Waals surface area (Å²) < 4.78 is 31.5. The molecule has 158 valence electrons. The average Bonchev–Trinajstić information content (AvgIpc) is 3.05. The Morgan fingerprint density at radius 2 is 1.83 bits per heavy atom. The van der Waals surface area contributed by atoms with Crippen molar-refractivity contribution in [2.24, 2.45) is 5.92 Å². The second-order valence-corrected chi connectivity index (χ2v) is 9.38. The number of hydrogen-bond donors (Lipinski definition) is 1. The van der Waals surface area contributed by atoms with Gasteiger partial charge in [-0.1, -0.05) is 49.4 Å². The first-order valence-corrected chi connectivity index (χ1v) is 12.0. The van der Waals surface area contributed by atoms with E-state index >= 15 is 0 Å². The topological polar surface area (TPSA) is 66.8 Å². The van der Waals surface area contributed by atoms with Crippen LogP contribution in [0.15, 0.2) is 48.5 Å². The van der Waals surface area contributed by atoms with Gasteiger partial charge in [0, 0.05) is 18.5 Å². The van der Waals surface area contributed by atoms with Crippen molar-refractivity contribution in [3.8, 4) is 5.75 Å². The predicted molar refractivity (Wildman–Crippen MR) is 116 cm³/mol. The van der Waals surface area contributed by atoms with Gasteiger partial charge in [0.15, 0.2) is 0 Å². The Morgan fingerprint density at radius 3 is 2.45 bits per heavy atom. The normalized spacial score (nSPS) is 23.5. The zero-order valence-corrected chi connectivity index (χ0v) is 18.2. The molecule has 0 aromatic heterocycles. The van der Waals surface area contributed by atoms with Gasteiger partial charge in [-0.15, -0.1) is 0 Å². The molecule has 1 N–H and O–H groups in total. The Balaban J connectivity index is 0.000000431. The molecule has 0 saturated carbocycles. The summed E-state index contributed by atoms with van der Waals surface area (Å²) in [5.74, 6) is 2.52. The lowest BCUT2D eigenvalue weighted by Gasteiger charge is -2.32. The molecule has 1 saturated heterocycles. The molecule has 5 nitrogen and oxygen atoms in total. The number of benzene rings is 2. The molecule has 3 atom stereocenters. The van der Waals surface area contributed by atoms with Crippen molar-refractivity contribution in [1.29, 1.82) is 0 Å². The van der Waals surface area contributed by atoms with E-state index in [1.807, 2.05) is 0 Å². The number of rotatable bonds is 4. The highest BCUT2D eigenvalue weighted by atomic mass is 32.2. The zero-order valence-electron chi connectivity index (χ0n) is 17.4. The molecular formula is C23H31NO4S. The fraction of sp³-hybridized carbons (Fsp3) is 0.478. The van der Waals surface area contributed by atoms with Gasteiger partial charge < -0.3 is 4.74 Å². The van der Waals surface area contributed by atoms with Gasteiger partial charge in [-0.2, -0.15) is 8.42 Å². The van der Waals surface area contributed by atoms with E-state index in [0.717, 1.165) is 24.6 Å². The molecule has 29 heavy (non-hydrogen) atoms. The highest BCUT2D eigenvalue weighted by Crippen LogP contribution is 2.47. The summed E-state index contributed by atoms with van der Waals surface area (Å²) in [7, 11) is -1.87. The van der Waals surface area contributed by atoms with Crippen molar-refractivity contribution in [3.63, 3.8) is 0 Å². The summed E-state index contributed by atoms with van der Waals surface area (Å²) in [5.41, 5.74) is 4.47. The van der Waals surface area contributed by atoms with Crippen molar-refractivity contribution >= 4 is 10.1 Å². The lowest BCUT2D eigenvalue weighted by molar-refractivity contribution is 0.228. The van der Waals surface area contributed by atoms with Crippen LogP contribution in [-0.4, -0.2) is 50.4 Å². The van der Waals surface area contributed by atoms with Crippen LogP contribution in [0.1, 0.15) is 36.0 Å². The van der Waals surface area contributed by atoms with Gasteiger partial charge in [0.1, 0.15) is 5.75 Å². The predicted octanol–water partition coefficient (Wildman–Crippen LogP) is 3.79. The lowest BCUT2D eigenvalue weighted by Crippen LogP contribution is -2.35. The van der Waals surface area contributed by atoms with Gasteiger partial charge >= 0.3 is 0 Å². The van der Waals surface area contributed by atoms with Crippen molar-refractivity contribution in [1.82, 2.24) is 4.90 Å². The van der Waals surface area contributed by atoms with Gasteiger partial charge in [-0.25, -0.2) is 0 Å². The van der Waals surface area contributed by atoms with Crippen LogP contribution in [0.25, 0.3) is 0 Å². The minimum Gasteiger partial charge on any atom is -0.496 e. The smallest absolute Gasteiger partial charge is 0.261 e. The first-order valence-electron chi connectivity index (χ1n) is 10.2. The molecule has 2 aromatic carbocycles. The number of fused-ring (bicyclic) bond motifs is 3. The molecule has 0 spiro atoms. The van der Waals surface area contributed by atoms with E-state index in [4.69, 9.17) is 9.29 Å². The van der Waals surface area contributed by atoms with Gasteiger partial charge in [-0.05, 0) is 54.5 Å². The van der Waals surface area contributed by atoms with E-state index < -0.39 is 10.1 Å². The highest BCUT2D eigenvalue weighted by Gasteiger charge is 2.44. The van der Waals surface area contributed by atoms with E-state index in [1.165, 1.54) is 30.5 Å². The molecule has 1 fully saturated rings. The van der Waals surface area contributed by atoms with Gasteiger partial charge in [0.2, 0.25) is 0 Å². The highest BCUT2D eigenvalue weighted by molar-refractivity contribution is 7.85. The van der Waals surface area contributed by atoms with Crippen molar-refractivity contribution < 1.29 is 17.7 Å². The summed E-state index contributed by atoms with van der Waals surface area (Å²) in [6.07, 6.45) is 4.33. The Hall–Kier alpha value is -1.89. The summed E-state index contributed by atoms with van der Waals surface area (Å²) in [5, 5.41) is 0. The molecule has 1 unspecified atom stereocenters. The molecule has 1 aliphatic carbocycles. The number of hydrogen-bond acceptors (Lipinski definition) is 4. The minimum atomic E-state index is -3.67. The van der Waals surface area contributed by atoms with E-state index in [1.54, 1.807) is 12.7 Å². The molecule has 6 heteroatoms. The van der Waals surface area contributed by atoms with Crippen LogP contribution < -0.4 is 4.74 Å². The molecule has 2 aliphatic rings. The third-order valence-electron chi connectivity index (χ3n) is 6.12. The molecular weight excluding hydrogens is 386 g/mol. The number of ether oxygens (including phenoxy) is 1. The number of likely N-dealkylation sites (tertiary alicyclic amines) is 1. The maximum absolute atomic E-state index is 9.19. The van der Waals surface area contributed by atoms with Crippen LogP contribution in [0.4, 0.5) is 0 Å². The summed E-state index contributed by atoms with van der Waals surface area (Å²) in [4.78, 5) is 2.71. The maximum Gasteiger partial charge on any atom is 0.261 e. The van der Waals surface area contributed by atoms with Crippen LogP contribution in [0.3, 0.4) is 0 Å². The van der Waals surface area contributed by atoms with E-state index in [9.17, 15) is 8.42 Å². The molecule has 1 aliphatic heterocycles. The molecule has 2 aromatic rings. The van der Waals surface area contributed by atoms with Crippen LogP contribution in [-0.2, 0) is 23.0 Å². The minimum absolute atomic E-state index is 0.664. The van der Waals surface area contributed by atoms with Crippen LogP contribution in [0.2, 0.25) is 0 Å². The van der Waals surface area contributed by atoms with Gasteiger partial charge in [0.25, 0.3) is 10.1 Å². The van der Waals surface area contributed by atoms with Gasteiger partial charge in [0.05, 0.1) is 13.4 Å². The van der Waals surface area contributed by atoms with E-state index in [-0.39, 0.29) is 0 Å². The second kappa shape index (κ2) is 9.28. The first-order chi connectivity index (χ1) is 13.8. The summed E-state index contributed by atoms with van der Waals surface area (Å²) in [6.45, 7) is 4.64. The maximum atomic E-state index is 9.19. The fourth-order valence-corrected chi connectivity index (χ4v) is 4.98. The van der Waals surface area contributed by atoms with Gasteiger partial charge in [-0.3, -0.25) is 9.45 Å². The molecule has 0 bridgehead atoms.